The minimum absolute atomic E-state index is 0.154. The zero-order valence-corrected chi connectivity index (χ0v) is 15.2. The molecule has 0 fully saturated rings. The molecule has 1 amide bonds. The van der Waals surface area contributed by atoms with Gasteiger partial charge in [0.05, 0.1) is 5.02 Å². The van der Waals surface area contributed by atoms with E-state index in [1.54, 1.807) is 24.3 Å². The molecule has 0 aromatic heterocycles. The van der Waals surface area contributed by atoms with Gasteiger partial charge in [-0.05, 0) is 64.9 Å². The molecule has 2 rings (SSSR count). The van der Waals surface area contributed by atoms with Gasteiger partial charge in [-0.1, -0.05) is 40.9 Å². The Morgan fingerprint density at radius 2 is 1.81 bits per heavy atom. The molecule has 2 aromatic carbocycles. The zero-order chi connectivity index (χ0) is 15.4. The van der Waals surface area contributed by atoms with Crippen LogP contribution in [0.4, 0.5) is 0 Å². The molecule has 0 bridgehead atoms. The van der Waals surface area contributed by atoms with E-state index >= 15 is 0 Å². The number of carbonyl (C=O) groups excluding carboxylic acids is 1. The van der Waals surface area contributed by atoms with Crippen LogP contribution in [0.2, 0.25) is 15.1 Å². The van der Waals surface area contributed by atoms with Crippen LogP contribution in [0.3, 0.4) is 0 Å². The molecule has 1 N–H and O–H groups in total. The molecule has 0 aliphatic heterocycles. The molecule has 0 saturated heterocycles. The summed E-state index contributed by atoms with van der Waals surface area (Å²) in [5.41, 5.74) is 1.49. The van der Waals surface area contributed by atoms with Crippen LogP contribution in [0, 0.1) is 3.57 Å². The highest BCUT2D eigenvalue weighted by Crippen LogP contribution is 2.21. The first-order valence-electron chi connectivity index (χ1n) is 6.14. The fourth-order valence-electron chi connectivity index (χ4n) is 1.77. The van der Waals surface area contributed by atoms with Gasteiger partial charge < -0.3 is 5.32 Å². The molecule has 2 aromatic rings. The molecular formula is C15H11Cl3INO. The molecule has 0 heterocycles. The second-order valence-electron chi connectivity index (χ2n) is 4.37. The van der Waals surface area contributed by atoms with E-state index in [0.29, 0.717) is 33.6 Å². The van der Waals surface area contributed by atoms with Crippen molar-refractivity contribution < 1.29 is 4.79 Å². The Labute approximate surface area is 151 Å². The quantitative estimate of drug-likeness (QED) is 0.631. The Morgan fingerprint density at radius 1 is 1.05 bits per heavy atom. The maximum Gasteiger partial charge on any atom is 0.251 e. The van der Waals surface area contributed by atoms with Gasteiger partial charge in [0, 0.05) is 25.7 Å². The van der Waals surface area contributed by atoms with Crippen LogP contribution in [-0.4, -0.2) is 12.5 Å². The number of benzene rings is 2. The number of carbonyl (C=O) groups is 1. The lowest BCUT2D eigenvalue weighted by Crippen LogP contribution is -2.25. The maximum absolute atomic E-state index is 12.0. The summed E-state index contributed by atoms with van der Waals surface area (Å²) in [7, 11) is 0. The topological polar surface area (TPSA) is 29.1 Å². The van der Waals surface area contributed by atoms with Gasteiger partial charge in [0.25, 0.3) is 5.91 Å². The predicted octanol–water partition coefficient (Wildman–Crippen LogP) is 5.22. The Kier molecular flexibility index (Phi) is 6.17. The van der Waals surface area contributed by atoms with Crippen molar-refractivity contribution in [2.24, 2.45) is 0 Å². The van der Waals surface area contributed by atoms with Gasteiger partial charge in [0.15, 0.2) is 0 Å². The molecule has 0 saturated carbocycles. The molecule has 0 spiro atoms. The Hall–Kier alpha value is -0.490. The third-order valence-corrected chi connectivity index (χ3v) is 5.04. The van der Waals surface area contributed by atoms with Crippen molar-refractivity contribution in [3.05, 3.63) is 66.2 Å². The van der Waals surface area contributed by atoms with Gasteiger partial charge in [-0.2, -0.15) is 0 Å². The van der Waals surface area contributed by atoms with Crippen molar-refractivity contribution in [2.45, 2.75) is 6.42 Å². The number of amides is 1. The number of halogens is 4. The first-order chi connectivity index (χ1) is 9.97. The van der Waals surface area contributed by atoms with Crippen molar-refractivity contribution in [3.63, 3.8) is 0 Å². The summed E-state index contributed by atoms with van der Waals surface area (Å²) in [4.78, 5) is 12.0. The summed E-state index contributed by atoms with van der Waals surface area (Å²) in [6.45, 7) is 0.490. The van der Waals surface area contributed by atoms with E-state index in [9.17, 15) is 4.79 Å². The van der Waals surface area contributed by atoms with Crippen LogP contribution < -0.4 is 5.32 Å². The predicted molar refractivity (Wildman–Crippen MR) is 96.7 cm³/mol. The summed E-state index contributed by atoms with van der Waals surface area (Å²) in [5.74, 6) is -0.154. The van der Waals surface area contributed by atoms with Crippen molar-refractivity contribution in [2.75, 3.05) is 6.54 Å². The Morgan fingerprint density at radius 3 is 2.48 bits per heavy atom. The summed E-state index contributed by atoms with van der Waals surface area (Å²) in [5, 5.41) is 4.62. The first kappa shape index (κ1) is 16.9. The van der Waals surface area contributed by atoms with Crippen molar-refractivity contribution in [3.8, 4) is 0 Å². The van der Waals surface area contributed by atoms with E-state index < -0.39 is 0 Å². The summed E-state index contributed by atoms with van der Waals surface area (Å²) in [6, 6.07) is 10.6. The van der Waals surface area contributed by atoms with E-state index in [2.05, 4.69) is 27.9 Å². The third kappa shape index (κ3) is 4.74. The molecule has 0 aliphatic rings. The molecule has 0 radical (unpaired) electrons. The highest BCUT2D eigenvalue weighted by atomic mass is 127. The average Bonchev–Trinajstić information content (AvgIpc) is 2.44. The minimum atomic E-state index is -0.154. The summed E-state index contributed by atoms with van der Waals surface area (Å²) < 4.78 is 0.916. The first-order valence-corrected chi connectivity index (χ1v) is 8.36. The molecule has 2 nitrogen and oxygen atoms in total. The fraction of sp³-hybridized carbons (Fsp3) is 0.133. The Bertz CT molecular complexity index is 676. The molecule has 6 heteroatoms. The van der Waals surface area contributed by atoms with Crippen LogP contribution in [0.1, 0.15) is 15.9 Å². The SMILES string of the molecule is O=C(NCCc1ccc(Cl)cc1Cl)c1ccc(I)c(Cl)c1. The summed E-state index contributed by atoms with van der Waals surface area (Å²) in [6.07, 6.45) is 0.639. The zero-order valence-electron chi connectivity index (χ0n) is 10.8. The smallest absolute Gasteiger partial charge is 0.251 e. The number of hydrogen-bond donors (Lipinski definition) is 1. The normalized spacial score (nSPS) is 10.5. The van der Waals surface area contributed by atoms with E-state index in [1.165, 1.54) is 0 Å². The molecule has 21 heavy (non-hydrogen) atoms. The lowest BCUT2D eigenvalue weighted by Gasteiger charge is -2.08. The average molecular weight is 455 g/mol. The van der Waals surface area contributed by atoms with Crippen molar-refractivity contribution in [1.29, 1.82) is 0 Å². The molecule has 110 valence electrons. The fourth-order valence-corrected chi connectivity index (χ4v) is 2.79. The number of rotatable bonds is 4. The van der Waals surface area contributed by atoms with Crippen molar-refractivity contribution >= 4 is 63.3 Å². The van der Waals surface area contributed by atoms with Crippen LogP contribution in [0.5, 0.6) is 0 Å². The monoisotopic (exact) mass is 453 g/mol. The van der Waals surface area contributed by atoms with Crippen LogP contribution in [0.25, 0.3) is 0 Å². The largest absolute Gasteiger partial charge is 0.352 e. The number of nitrogens with one attached hydrogen (secondary N) is 1. The van der Waals surface area contributed by atoms with Crippen LogP contribution in [-0.2, 0) is 6.42 Å². The molecule has 0 atom stereocenters. The molecular weight excluding hydrogens is 443 g/mol. The van der Waals surface area contributed by atoms with Gasteiger partial charge in [0.2, 0.25) is 0 Å². The second-order valence-corrected chi connectivity index (χ2v) is 6.78. The van der Waals surface area contributed by atoms with Crippen LogP contribution >= 0.6 is 57.4 Å². The van der Waals surface area contributed by atoms with Gasteiger partial charge in [-0.25, -0.2) is 0 Å². The molecule has 0 aliphatic carbocycles. The van der Waals surface area contributed by atoms with Gasteiger partial charge in [0.1, 0.15) is 0 Å². The van der Waals surface area contributed by atoms with Crippen molar-refractivity contribution in [1.82, 2.24) is 5.32 Å². The minimum Gasteiger partial charge on any atom is -0.352 e. The van der Waals surface area contributed by atoms with E-state index in [-0.39, 0.29) is 5.91 Å². The van der Waals surface area contributed by atoms with Gasteiger partial charge in [-0.3, -0.25) is 4.79 Å². The molecule has 0 unspecified atom stereocenters. The summed E-state index contributed by atoms with van der Waals surface area (Å²) >= 11 is 20.1. The highest BCUT2D eigenvalue weighted by Gasteiger charge is 2.08. The maximum atomic E-state index is 12.0. The lowest BCUT2D eigenvalue weighted by molar-refractivity contribution is 0.0954. The van der Waals surface area contributed by atoms with Gasteiger partial charge in [-0.15, -0.1) is 0 Å². The second kappa shape index (κ2) is 7.68. The van der Waals surface area contributed by atoms with E-state index in [0.717, 1.165) is 9.13 Å². The van der Waals surface area contributed by atoms with Crippen LogP contribution in [0.15, 0.2) is 36.4 Å². The standard InChI is InChI=1S/C15H11Cl3INO/c16-11-3-1-9(12(17)8-11)5-6-20-15(21)10-2-4-14(19)13(18)7-10/h1-4,7-8H,5-6H2,(H,20,21). The highest BCUT2D eigenvalue weighted by molar-refractivity contribution is 14.1. The Balaban J connectivity index is 1.93. The lowest BCUT2D eigenvalue weighted by atomic mass is 10.1. The third-order valence-electron chi connectivity index (χ3n) is 2.88. The van der Waals surface area contributed by atoms with E-state index in [1.807, 2.05) is 12.1 Å². The van der Waals surface area contributed by atoms with E-state index in [4.69, 9.17) is 34.8 Å². The number of hydrogen-bond acceptors (Lipinski definition) is 1. The van der Waals surface area contributed by atoms with Gasteiger partial charge >= 0.3 is 0 Å².